The van der Waals surface area contributed by atoms with Gasteiger partial charge in [0.1, 0.15) is 4.88 Å². The number of nitrogens with two attached hydrogens (primary N) is 1. The van der Waals surface area contributed by atoms with Crippen molar-refractivity contribution in [2.24, 2.45) is 0 Å². The molecule has 0 radical (unpaired) electrons. The SMILES string of the molecule is Nc1c(C(=O)NCC2CCCCO2)sc2cccc(Cl)c12. The molecule has 1 aliphatic heterocycles. The van der Waals surface area contributed by atoms with Gasteiger partial charge in [0.15, 0.2) is 0 Å². The molecule has 4 nitrogen and oxygen atoms in total. The first kappa shape index (κ1) is 14.6. The van der Waals surface area contributed by atoms with Crippen molar-refractivity contribution < 1.29 is 9.53 Å². The molecule has 0 spiro atoms. The fourth-order valence-corrected chi connectivity index (χ4v) is 3.95. The third kappa shape index (κ3) is 3.00. The predicted octanol–water partition coefficient (Wildman–Crippen LogP) is 3.44. The Morgan fingerprint density at radius 2 is 2.33 bits per heavy atom. The van der Waals surface area contributed by atoms with Crippen LogP contribution in [0.1, 0.15) is 28.9 Å². The van der Waals surface area contributed by atoms with Crippen molar-refractivity contribution in [3.8, 4) is 0 Å². The number of hydrogen-bond acceptors (Lipinski definition) is 4. The summed E-state index contributed by atoms with van der Waals surface area (Å²) in [5.74, 6) is -0.154. The van der Waals surface area contributed by atoms with Gasteiger partial charge >= 0.3 is 0 Å². The maximum atomic E-state index is 12.3. The number of halogens is 1. The highest BCUT2D eigenvalue weighted by Crippen LogP contribution is 2.37. The van der Waals surface area contributed by atoms with Crippen LogP contribution in [-0.2, 0) is 4.74 Å². The topological polar surface area (TPSA) is 64.4 Å². The summed E-state index contributed by atoms with van der Waals surface area (Å²) in [4.78, 5) is 12.8. The third-order valence-corrected chi connectivity index (χ3v) is 5.16. The predicted molar refractivity (Wildman–Crippen MR) is 87.2 cm³/mol. The summed E-state index contributed by atoms with van der Waals surface area (Å²) in [6, 6.07) is 5.56. The maximum absolute atomic E-state index is 12.3. The maximum Gasteiger partial charge on any atom is 0.263 e. The zero-order chi connectivity index (χ0) is 14.8. The highest BCUT2D eigenvalue weighted by atomic mass is 35.5. The van der Waals surface area contributed by atoms with Crippen molar-refractivity contribution in [1.29, 1.82) is 0 Å². The fraction of sp³-hybridized carbons (Fsp3) is 0.400. The second-order valence-electron chi connectivity index (χ2n) is 5.16. The second kappa shape index (κ2) is 6.22. The van der Waals surface area contributed by atoms with Crippen LogP contribution in [0.2, 0.25) is 5.02 Å². The molecule has 112 valence electrons. The van der Waals surface area contributed by atoms with E-state index in [4.69, 9.17) is 22.1 Å². The minimum Gasteiger partial charge on any atom is -0.397 e. The molecule has 1 aromatic carbocycles. The van der Waals surface area contributed by atoms with Crippen molar-refractivity contribution in [2.45, 2.75) is 25.4 Å². The number of fused-ring (bicyclic) bond motifs is 1. The summed E-state index contributed by atoms with van der Waals surface area (Å²) in [5, 5.41) is 4.26. The molecule has 3 rings (SSSR count). The Hall–Kier alpha value is -1.30. The molecule has 2 aromatic rings. The van der Waals surface area contributed by atoms with Gasteiger partial charge in [0.25, 0.3) is 5.91 Å². The molecule has 1 atom stereocenters. The summed E-state index contributed by atoms with van der Waals surface area (Å²) in [6.45, 7) is 1.31. The van der Waals surface area contributed by atoms with Crippen LogP contribution in [0.5, 0.6) is 0 Å². The molecule has 1 aliphatic rings. The van der Waals surface area contributed by atoms with Gasteiger partial charge in [-0.25, -0.2) is 0 Å². The average Bonchev–Trinajstić information content (AvgIpc) is 2.84. The zero-order valence-corrected chi connectivity index (χ0v) is 13.1. The van der Waals surface area contributed by atoms with Gasteiger partial charge in [-0.05, 0) is 31.4 Å². The first-order valence-electron chi connectivity index (χ1n) is 7.03. The van der Waals surface area contributed by atoms with Crippen molar-refractivity contribution in [1.82, 2.24) is 5.32 Å². The molecule has 1 unspecified atom stereocenters. The molecule has 0 bridgehead atoms. The molecule has 2 heterocycles. The van der Waals surface area contributed by atoms with E-state index < -0.39 is 0 Å². The Balaban J connectivity index is 1.75. The number of thiophene rings is 1. The highest BCUT2D eigenvalue weighted by Gasteiger charge is 2.20. The number of ether oxygens (including phenoxy) is 1. The number of carbonyl (C=O) groups excluding carboxylic acids is 1. The Bertz CT molecular complexity index is 665. The van der Waals surface area contributed by atoms with Gasteiger partial charge < -0.3 is 15.8 Å². The number of nitrogen functional groups attached to an aromatic ring is 1. The zero-order valence-electron chi connectivity index (χ0n) is 11.5. The average molecular weight is 325 g/mol. The summed E-state index contributed by atoms with van der Waals surface area (Å²) >= 11 is 7.52. The van der Waals surface area contributed by atoms with Crippen molar-refractivity contribution in [2.75, 3.05) is 18.9 Å². The van der Waals surface area contributed by atoms with Gasteiger partial charge in [0.05, 0.1) is 16.8 Å². The molecule has 1 aromatic heterocycles. The summed E-state index contributed by atoms with van der Waals surface area (Å²) in [6.07, 6.45) is 3.36. The lowest BCUT2D eigenvalue weighted by Crippen LogP contribution is -2.35. The van der Waals surface area contributed by atoms with E-state index in [-0.39, 0.29) is 12.0 Å². The number of carbonyl (C=O) groups is 1. The van der Waals surface area contributed by atoms with Crippen molar-refractivity contribution >= 4 is 44.6 Å². The highest BCUT2D eigenvalue weighted by molar-refractivity contribution is 7.21. The summed E-state index contributed by atoms with van der Waals surface area (Å²) in [5.41, 5.74) is 6.54. The van der Waals surface area contributed by atoms with Crippen LogP contribution in [0.3, 0.4) is 0 Å². The third-order valence-electron chi connectivity index (χ3n) is 3.67. The standard InChI is InChI=1S/C15H17ClN2O2S/c16-10-5-3-6-11-12(10)13(17)14(21-11)15(19)18-8-9-4-1-2-7-20-9/h3,5-6,9H,1-2,4,7-8,17H2,(H,18,19). The van der Waals surface area contributed by atoms with E-state index in [9.17, 15) is 4.79 Å². The van der Waals surface area contributed by atoms with E-state index in [1.807, 2.05) is 12.1 Å². The summed E-state index contributed by atoms with van der Waals surface area (Å²) in [7, 11) is 0. The van der Waals surface area contributed by atoms with Gasteiger partial charge in [0.2, 0.25) is 0 Å². The first-order valence-corrected chi connectivity index (χ1v) is 8.22. The Kier molecular flexibility index (Phi) is 4.33. The molecular weight excluding hydrogens is 308 g/mol. The monoisotopic (exact) mass is 324 g/mol. The Morgan fingerprint density at radius 1 is 1.48 bits per heavy atom. The summed E-state index contributed by atoms with van der Waals surface area (Å²) < 4.78 is 6.54. The molecule has 0 saturated carbocycles. The number of amides is 1. The van der Waals surface area contributed by atoms with Crippen LogP contribution in [0, 0.1) is 0 Å². The van der Waals surface area contributed by atoms with Crippen LogP contribution in [0.4, 0.5) is 5.69 Å². The molecule has 1 fully saturated rings. The number of nitrogens with one attached hydrogen (secondary N) is 1. The molecule has 1 saturated heterocycles. The minimum absolute atomic E-state index is 0.113. The number of benzene rings is 1. The normalized spacial score (nSPS) is 18.8. The van der Waals surface area contributed by atoms with E-state index in [2.05, 4.69) is 5.32 Å². The Labute approximate surface area is 132 Å². The van der Waals surface area contributed by atoms with Crippen LogP contribution >= 0.6 is 22.9 Å². The smallest absolute Gasteiger partial charge is 0.263 e. The van der Waals surface area contributed by atoms with Crippen molar-refractivity contribution in [3.05, 3.63) is 28.1 Å². The lowest BCUT2D eigenvalue weighted by Gasteiger charge is -2.22. The van der Waals surface area contributed by atoms with Gasteiger partial charge in [-0.1, -0.05) is 17.7 Å². The van der Waals surface area contributed by atoms with Gasteiger partial charge in [-0.15, -0.1) is 11.3 Å². The van der Waals surface area contributed by atoms with E-state index in [1.54, 1.807) is 6.07 Å². The molecular formula is C15H17ClN2O2S. The van der Waals surface area contributed by atoms with Crippen LogP contribution in [0.25, 0.3) is 10.1 Å². The number of anilines is 1. The lowest BCUT2D eigenvalue weighted by atomic mass is 10.1. The Morgan fingerprint density at radius 3 is 3.05 bits per heavy atom. The molecule has 1 amide bonds. The van der Waals surface area contributed by atoms with Gasteiger partial charge in [0, 0.05) is 23.2 Å². The minimum atomic E-state index is -0.154. The molecule has 21 heavy (non-hydrogen) atoms. The van der Waals surface area contributed by atoms with Crippen LogP contribution in [-0.4, -0.2) is 25.2 Å². The van der Waals surface area contributed by atoms with Crippen LogP contribution < -0.4 is 11.1 Å². The van der Waals surface area contributed by atoms with E-state index in [0.29, 0.717) is 22.1 Å². The largest absolute Gasteiger partial charge is 0.397 e. The number of rotatable bonds is 3. The molecule has 3 N–H and O–H groups in total. The van der Waals surface area contributed by atoms with Crippen molar-refractivity contribution in [3.63, 3.8) is 0 Å². The van der Waals surface area contributed by atoms with Gasteiger partial charge in [-0.2, -0.15) is 0 Å². The molecule has 6 heteroatoms. The van der Waals surface area contributed by atoms with Crippen LogP contribution in [0.15, 0.2) is 18.2 Å². The second-order valence-corrected chi connectivity index (χ2v) is 6.62. The van der Waals surface area contributed by atoms with Gasteiger partial charge in [-0.3, -0.25) is 4.79 Å². The van der Waals surface area contributed by atoms with E-state index in [1.165, 1.54) is 11.3 Å². The number of hydrogen-bond donors (Lipinski definition) is 2. The fourth-order valence-electron chi connectivity index (χ4n) is 2.55. The van der Waals surface area contributed by atoms with E-state index >= 15 is 0 Å². The molecule has 0 aliphatic carbocycles. The quantitative estimate of drug-likeness (QED) is 0.909. The lowest BCUT2D eigenvalue weighted by molar-refractivity contribution is 0.0169. The van der Waals surface area contributed by atoms with E-state index in [0.717, 1.165) is 36.0 Å². The first-order chi connectivity index (χ1) is 10.2.